The Morgan fingerprint density at radius 1 is 0.733 bits per heavy atom. The molecule has 0 unspecified atom stereocenters. The maximum atomic E-state index is 12.9. The van der Waals surface area contributed by atoms with Gasteiger partial charge in [-0.15, -0.1) is 0 Å². The van der Waals surface area contributed by atoms with Gasteiger partial charge in [0.2, 0.25) is 5.75 Å². The minimum absolute atomic E-state index is 0.105. The molecule has 0 aliphatic heterocycles. The molecule has 0 aliphatic carbocycles. The minimum Gasteiger partial charge on any atom is -0.493 e. The van der Waals surface area contributed by atoms with Crippen LogP contribution in [0.15, 0.2) is 71.5 Å². The lowest BCUT2D eigenvalue weighted by Gasteiger charge is -2.15. The van der Waals surface area contributed by atoms with E-state index in [0.717, 1.165) is 21.7 Å². The van der Waals surface area contributed by atoms with E-state index in [4.69, 9.17) is 18.9 Å². The molecule has 0 spiro atoms. The Bertz CT molecular complexity index is 1270. The van der Waals surface area contributed by atoms with E-state index >= 15 is 0 Å². The van der Waals surface area contributed by atoms with E-state index < -0.39 is 0 Å². The Kier molecular flexibility index (Phi) is 5.44. The molecule has 4 rings (SSSR count). The van der Waals surface area contributed by atoms with E-state index in [1.54, 1.807) is 39.5 Å². The van der Waals surface area contributed by atoms with Crippen LogP contribution in [0.1, 0.15) is 5.56 Å². The Morgan fingerprint density at radius 2 is 1.50 bits per heavy atom. The van der Waals surface area contributed by atoms with Gasteiger partial charge in [-0.05, 0) is 46.7 Å². The lowest BCUT2D eigenvalue weighted by molar-refractivity contribution is 0.306. The first-order chi connectivity index (χ1) is 14.7. The summed E-state index contributed by atoms with van der Waals surface area (Å²) in [5.74, 6) is 2.17. The summed E-state index contributed by atoms with van der Waals surface area (Å²) in [6.07, 6.45) is 0. The Morgan fingerprint density at radius 3 is 2.20 bits per heavy atom. The molecule has 4 aromatic rings. The van der Waals surface area contributed by atoms with Gasteiger partial charge in [-0.3, -0.25) is 4.79 Å². The molecule has 0 heterocycles. The van der Waals surface area contributed by atoms with Crippen LogP contribution in [0.5, 0.6) is 23.0 Å². The molecule has 0 N–H and O–H groups in total. The van der Waals surface area contributed by atoms with Crippen molar-refractivity contribution >= 4 is 21.5 Å². The Labute approximate surface area is 174 Å². The van der Waals surface area contributed by atoms with Crippen LogP contribution in [-0.4, -0.2) is 21.3 Å². The van der Waals surface area contributed by atoms with Crippen LogP contribution >= 0.6 is 0 Å². The molecular weight excluding hydrogens is 380 g/mol. The van der Waals surface area contributed by atoms with E-state index in [1.165, 1.54) is 0 Å². The summed E-state index contributed by atoms with van der Waals surface area (Å²) in [6.45, 7) is 0.425. The largest absolute Gasteiger partial charge is 0.493 e. The van der Waals surface area contributed by atoms with Gasteiger partial charge in [0.05, 0.1) is 21.3 Å². The number of hydrogen-bond donors (Lipinski definition) is 0. The third-order valence-electron chi connectivity index (χ3n) is 5.05. The van der Waals surface area contributed by atoms with E-state index in [1.807, 2.05) is 48.5 Å². The monoisotopic (exact) mass is 402 g/mol. The topological polar surface area (TPSA) is 54.0 Å². The Balaban J connectivity index is 1.91. The molecule has 0 saturated heterocycles. The summed E-state index contributed by atoms with van der Waals surface area (Å²) < 4.78 is 22.6. The fourth-order valence-electron chi connectivity index (χ4n) is 3.62. The number of rotatable bonds is 6. The van der Waals surface area contributed by atoms with Crippen molar-refractivity contribution < 1.29 is 18.9 Å². The van der Waals surface area contributed by atoms with E-state index in [2.05, 4.69) is 0 Å². The highest BCUT2D eigenvalue weighted by atomic mass is 16.5. The van der Waals surface area contributed by atoms with E-state index in [-0.39, 0.29) is 5.43 Å². The van der Waals surface area contributed by atoms with Crippen molar-refractivity contribution in [2.45, 2.75) is 6.61 Å². The second-order valence-electron chi connectivity index (χ2n) is 6.79. The lowest BCUT2D eigenvalue weighted by atomic mass is 10.0. The van der Waals surface area contributed by atoms with Crippen LogP contribution in [0.4, 0.5) is 0 Å². The van der Waals surface area contributed by atoms with Crippen LogP contribution in [0.25, 0.3) is 21.5 Å². The molecule has 0 radical (unpaired) electrons. The zero-order valence-electron chi connectivity index (χ0n) is 17.1. The first kappa shape index (κ1) is 19.6. The van der Waals surface area contributed by atoms with Crippen LogP contribution < -0.4 is 24.4 Å². The van der Waals surface area contributed by atoms with Gasteiger partial charge in [0, 0.05) is 10.8 Å². The van der Waals surface area contributed by atoms with Crippen molar-refractivity contribution in [3.8, 4) is 23.0 Å². The molecule has 30 heavy (non-hydrogen) atoms. The number of ether oxygens (including phenoxy) is 4. The molecule has 5 nitrogen and oxygen atoms in total. The first-order valence-corrected chi connectivity index (χ1v) is 9.52. The van der Waals surface area contributed by atoms with Crippen molar-refractivity contribution in [1.82, 2.24) is 0 Å². The van der Waals surface area contributed by atoms with Crippen LogP contribution in [-0.2, 0) is 6.61 Å². The summed E-state index contributed by atoms with van der Waals surface area (Å²) in [4.78, 5) is 12.9. The maximum Gasteiger partial charge on any atom is 0.203 e. The smallest absolute Gasteiger partial charge is 0.203 e. The van der Waals surface area contributed by atoms with Crippen molar-refractivity contribution in [3.63, 3.8) is 0 Å². The highest BCUT2D eigenvalue weighted by Crippen LogP contribution is 2.45. The maximum absolute atomic E-state index is 12.9. The summed E-state index contributed by atoms with van der Waals surface area (Å²) in [5, 5.41) is 2.89. The van der Waals surface area contributed by atoms with Gasteiger partial charge in [-0.1, -0.05) is 36.4 Å². The quantitative estimate of drug-likeness (QED) is 0.456. The van der Waals surface area contributed by atoms with E-state index in [9.17, 15) is 4.79 Å². The van der Waals surface area contributed by atoms with Crippen LogP contribution in [0.3, 0.4) is 0 Å². The zero-order valence-corrected chi connectivity index (χ0v) is 17.1. The van der Waals surface area contributed by atoms with Gasteiger partial charge < -0.3 is 18.9 Å². The second kappa shape index (κ2) is 8.33. The number of hydrogen-bond acceptors (Lipinski definition) is 5. The molecule has 0 fully saturated rings. The van der Waals surface area contributed by atoms with Gasteiger partial charge in [-0.2, -0.15) is 0 Å². The molecule has 0 amide bonds. The molecule has 5 heteroatoms. The predicted octanol–water partition coefficient (Wildman–Crippen LogP) is 4.96. The first-order valence-electron chi connectivity index (χ1n) is 9.52. The highest BCUT2D eigenvalue weighted by molar-refractivity contribution is 6.11. The molecule has 0 bridgehead atoms. The number of methoxy groups -OCH3 is 3. The molecule has 0 saturated carbocycles. The van der Waals surface area contributed by atoms with Crippen molar-refractivity contribution in [2.24, 2.45) is 0 Å². The fourth-order valence-corrected chi connectivity index (χ4v) is 3.62. The molecular formula is C25H22O5. The van der Waals surface area contributed by atoms with E-state index in [0.29, 0.717) is 35.0 Å². The second-order valence-corrected chi connectivity index (χ2v) is 6.79. The molecule has 4 aromatic carbocycles. The third kappa shape index (κ3) is 3.50. The zero-order chi connectivity index (χ0) is 21.1. The number of benzene rings is 3. The predicted molar refractivity (Wildman–Crippen MR) is 118 cm³/mol. The molecule has 0 aromatic heterocycles. The molecule has 0 atom stereocenters. The summed E-state index contributed by atoms with van der Waals surface area (Å²) in [6, 6.07) is 20.6. The van der Waals surface area contributed by atoms with Gasteiger partial charge in [0.25, 0.3) is 0 Å². The standard InChI is InChI=1S/C25H22O5/c1-27-22-13-17-9-12-21(26)20-14-18(30-15-16-7-5-4-6-8-16)10-11-19(20)23(17)25(29-3)24(22)28-2/h4-14H,15H2,1-3H3. The van der Waals surface area contributed by atoms with Crippen molar-refractivity contribution in [1.29, 1.82) is 0 Å². The fraction of sp³-hybridized carbons (Fsp3) is 0.160. The minimum atomic E-state index is -0.105. The van der Waals surface area contributed by atoms with Gasteiger partial charge in [-0.25, -0.2) is 0 Å². The van der Waals surface area contributed by atoms with Gasteiger partial charge >= 0.3 is 0 Å². The Hall–Kier alpha value is -3.73. The average molecular weight is 402 g/mol. The van der Waals surface area contributed by atoms with Crippen molar-refractivity contribution in [3.05, 3.63) is 82.5 Å². The normalized spacial score (nSPS) is 10.8. The van der Waals surface area contributed by atoms with Crippen LogP contribution in [0, 0.1) is 0 Å². The summed E-state index contributed by atoms with van der Waals surface area (Å²) >= 11 is 0. The summed E-state index contributed by atoms with van der Waals surface area (Å²) in [7, 11) is 4.70. The lowest BCUT2D eigenvalue weighted by Crippen LogP contribution is -1.98. The van der Waals surface area contributed by atoms with Crippen molar-refractivity contribution in [2.75, 3.05) is 21.3 Å². The summed E-state index contributed by atoms with van der Waals surface area (Å²) in [5.41, 5.74) is 0.953. The molecule has 152 valence electrons. The van der Waals surface area contributed by atoms with Gasteiger partial charge in [0.15, 0.2) is 16.9 Å². The van der Waals surface area contributed by atoms with Crippen LogP contribution in [0.2, 0.25) is 0 Å². The average Bonchev–Trinajstić information content (AvgIpc) is 2.93. The molecule has 0 aliphatic rings. The van der Waals surface area contributed by atoms with Gasteiger partial charge in [0.1, 0.15) is 12.4 Å². The SMILES string of the molecule is COc1cc2ccc(=O)c3cc(OCc4ccccc4)ccc3c2c(OC)c1OC. The number of fused-ring (bicyclic) bond motifs is 3. The third-order valence-corrected chi connectivity index (χ3v) is 5.05. The highest BCUT2D eigenvalue weighted by Gasteiger charge is 2.18.